The normalized spacial score (nSPS) is 11.1. The Kier molecular flexibility index (Phi) is 6.48. The Morgan fingerprint density at radius 1 is 1.00 bits per heavy atom. The van der Waals surface area contributed by atoms with Crippen LogP contribution >= 0.6 is 11.3 Å². The van der Waals surface area contributed by atoms with Crippen LogP contribution in [0.5, 0.6) is 0 Å². The predicted octanol–water partition coefficient (Wildman–Crippen LogP) is 3.19. The SMILES string of the molecule is CC(=O)c1ccc(NC(=O)/C=C(/C)C(=O)Nc2sc(C)c(C)c2C(N)=O)cc1. The monoisotopic (exact) mass is 399 g/mol. The minimum atomic E-state index is -0.620. The van der Waals surface area contributed by atoms with Gasteiger partial charge in [0.05, 0.1) is 5.56 Å². The number of ketones is 1. The van der Waals surface area contributed by atoms with Gasteiger partial charge < -0.3 is 16.4 Å². The number of carbonyl (C=O) groups is 4. The number of anilines is 2. The fourth-order valence-corrected chi connectivity index (χ4v) is 3.50. The molecule has 3 amide bonds. The van der Waals surface area contributed by atoms with E-state index in [1.54, 1.807) is 31.2 Å². The van der Waals surface area contributed by atoms with Gasteiger partial charge in [-0.15, -0.1) is 11.3 Å². The Balaban J connectivity index is 2.09. The summed E-state index contributed by atoms with van der Waals surface area (Å²) in [5.74, 6) is -1.69. The molecule has 8 heteroatoms. The van der Waals surface area contributed by atoms with Crippen LogP contribution in [0.15, 0.2) is 35.9 Å². The van der Waals surface area contributed by atoms with Gasteiger partial charge in [0, 0.05) is 27.8 Å². The highest BCUT2D eigenvalue weighted by atomic mass is 32.1. The number of rotatable bonds is 6. The molecule has 1 aromatic heterocycles. The van der Waals surface area contributed by atoms with Crippen molar-refractivity contribution < 1.29 is 19.2 Å². The molecule has 0 spiro atoms. The quantitative estimate of drug-likeness (QED) is 0.510. The standard InChI is InChI=1S/C20H21N3O4S/c1-10(9-16(25)22-15-7-5-14(6-8-15)12(3)24)19(27)23-20-17(18(21)26)11(2)13(4)28-20/h5-9H,1-4H3,(H2,21,26)(H,22,25)(H,23,27)/b10-9-. The van der Waals surface area contributed by atoms with Gasteiger partial charge >= 0.3 is 0 Å². The molecule has 28 heavy (non-hydrogen) atoms. The Labute approximate surface area is 166 Å². The maximum absolute atomic E-state index is 12.4. The zero-order valence-electron chi connectivity index (χ0n) is 16.0. The smallest absolute Gasteiger partial charge is 0.252 e. The highest BCUT2D eigenvalue weighted by Gasteiger charge is 2.19. The van der Waals surface area contributed by atoms with E-state index in [1.165, 1.54) is 25.2 Å². The summed E-state index contributed by atoms with van der Waals surface area (Å²) in [5.41, 5.74) is 7.59. The van der Waals surface area contributed by atoms with Crippen molar-refractivity contribution in [3.63, 3.8) is 0 Å². The molecule has 1 aromatic carbocycles. The molecule has 0 fully saturated rings. The van der Waals surface area contributed by atoms with E-state index in [0.29, 0.717) is 16.3 Å². The molecule has 0 unspecified atom stereocenters. The maximum atomic E-state index is 12.4. The molecule has 0 saturated carbocycles. The number of aryl methyl sites for hydroxylation is 1. The average molecular weight is 399 g/mol. The van der Waals surface area contributed by atoms with Crippen molar-refractivity contribution in [3.8, 4) is 0 Å². The Hall–Kier alpha value is -3.26. The van der Waals surface area contributed by atoms with Crippen LogP contribution in [-0.2, 0) is 9.59 Å². The van der Waals surface area contributed by atoms with Gasteiger partial charge in [-0.1, -0.05) is 0 Å². The Morgan fingerprint density at radius 3 is 2.14 bits per heavy atom. The number of nitrogens with one attached hydrogen (secondary N) is 2. The summed E-state index contributed by atoms with van der Waals surface area (Å²) in [6, 6.07) is 6.42. The first-order chi connectivity index (χ1) is 13.1. The first kappa shape index (κ1) is 21.0. The highest BCUT2D eigenvalue weighted by Crippen LogP contribution is 2.32. The molecule has 0 aliphatic rings. The molecule has 0 radical (unpaired) electrons. The number of primary amides is 1. The largest absolute Gasteiger partial charge is 0.365 e. The second-order valence-corrected chi connectivity index (χ2v) is 7.48. The lowest BCUT2D eigenvalue weighted by atomic mass is 10.1. The van der Waals surface area contributed by atoms with Crippen LogP contribution in [0.25, 0.3) is 0 Å². The molecule has 1 heterocycles. The molecule has 0 saturated heterocycles. The van der Waals surface area contributed by atoms with Crippen LogP contribution in [0.1, 0.15) is 45.0 Å². The number of carbonyl (C=O) groups excluding carboxylic acids is 4. The van der Waals surface area contributed by atoms with E-state index in [2.05, 4.69) is 10.6 Å². The maximum Gasteiger partial charge on any atom is 0.252 e. The summed E-state index contributed by atoms with van der Waals surface area (Å²) in [5, 5.41) is 5.62. The molecule has 4 N–H and O–H groups in total. The topological polar surface area (TPSA) is 118 Å². The van der Waals surface area contributed by atoms with Crippen LogP contribution in [0.4, 0.5) is 10.7 Å². The van der Waals surface area contributed by atoms with Crippen molar-refractivity contribution in [1.82, 2.24) is 0 Å². The first-order valence-electron chi connectivity index (χ1n) is 8.41. The van der Waals surface area contributed by atoms with Gasteiger partial charge in [0.15, 0.2) is 5.78 Å². The lowest BCUT2D eigenvalue weighted by Crippen LogP contribution is -2.19. The molecule has 2 rings (SSSR count). The van der Waals surface area contributed by atoms with E-state index in [0.717, 1.165) is 16.5 Å². The summed E-state index contributed by atoms with van der Waals surface area (Å²) in [6.45, 7) is 6.54. The third-order valence-electron chi connectivity index (χ3n) is 4.12. The van der Waals surface area contributed by atoms with E-state index in [-0.39, 0.29) is 16.9 Å². The van der Waals surface area contributed by atoms with Crippen LogP contribution in [0.2, 0.25) is 0 Å². The fraction of sp³-hybridized carbons (Fsp3) is 0.200. The minimum absolute atomic E-state index is 0.0698. The van der Waals surface area contributed by atoms with Crippen molar-refractivity contribution in [1.29, 1.82) is 0 Å². The zero-order valence-corrected chi connectivity index (χ0v) is 16.8. The lowest BCUT2D eigenvalue weighted by Gasteiger charge is -2.06. The van der Waals surface area contributed by atoms with Gasteiger partial charge in [0.1, 0.15) is 5.00 Å². The van der Waals surface area contributed by atoms with E-state index >= 15 is 0 Å². The van der Waals surface area contributed by atoms with Gasteiger partial charge in [-0.25, -0.2) is 0 Å². The summed E-state index contributed by atoms with van der Waals surface area (Å²) in [4.78, 5) is 48.3. The third kappa shape index (κ3) is 4.92. The number of Topliss-reactive ketones (excluding diaryl/α,β-unsaturated/α-hetero) is 1. The number of amides is 3. The van der Waals surface area contributed by atoms with Gasteiger partial charge in [0.2, 0.25) is 5.91 Å². The van der Waals surface area contributed by atoms with E-state index in [1.807, 2.05) is 6.92 Å². The molecular weight excluding hydrogens is 378 g/mol. The summed E-state index contributed by atoms with van der Waals surface area (Å²) in [7, 11) is 0. The molecule has 0 aliphatic carbocycles. The molecule has 146 valence electrons. The van der Waals surface area contributed by atoms with Crippen molar-refractivity contribution in [2.75, 3.05) is 10.6 Å². The van der Waals surface area contributed by atoms with Gasteiger partial charge in [0.25, 0.3) is 11.8 Å². The van der Waals surface area contributed by atoms with Crippen LogP contribution in [0.3, 0.4) is 0 Å². The molecule has 0 bridgehead atoms. The average Bonchev–Trinajstić information content (AvgIpc) is 2.88. The Bertz CT molecular complexity index is 988. The van der Waals surface area contributed by atoms with Crippen molar-refractivity contribution in [3.05, 3.63) is 57.5 Å². The number of thiophene rings is 1. The third-order valence-corrected chi connectivity index (χ3v) is 5.25. The number of nitrogens with two attached hydrogens (primary N) is 1. The van der Waals surface area contributed by atoms with Crippen LogP contribution in [0, 0.1) is 13.8 Å². The predicted molar refractivity (Wildman–Crippen MR) is 110 cm³/mol. The van der Waals surface area contributed by atoms with Crippen LogP contribution in [-0.4, -0.2) is 23.5 Å². The second-order valence-electron chi connectivity index (χ2n) is 6.26. The van der Waals surface area contributed by atoms with Crippen molar-refractivity contribution in [2.45, 2.75) is 27.7 Å². The van der Waals surface area contributed by atoms with E-state index < -0.39 is 17.7 Å². The molecule has 7 nitrogen and oxygen atoms in total. The van der Waals surface area contributed by atoms with E-state index in [9.17, 15) is 19.2 Å². The van der Waals surface area contributed by atoms with Crippen molar-refractivity contribution >= 4 is 45.5 Å². The van der Waals surface area contributed by atoms with Gasteiger partial charge in [-0.05, 0) is 57.5 Å². The minimum Gasteiger partial charge on any atom is -0.365 e. The number of hydrogen-bond donors (Lipinski definition) is 3. The van der Waals surface area contributed by atoms with Gasteiger partial charge in [-0.3, -0.25) is 19.2 Å². The van der Waals surface area contributed by atoms with Crippen LogP contribution < -0.4 is 16.4 Å². The van der Waals surface area contributed by atoms with E-state index in [4.69, 9.17) is 5.73 Å². The Morgan fingerprint density at radius 2 is 1.61 bits per heavy atom. The molecule has 2 aromatic rings. The fourth-order valence-electron chi connectivity index (χ4n) is 2.44. The molecular formula is C20H21N3O4S. The summed E-state index contributed by atoms with van der Waals surface area (Å²) >= 11 is 1.25. The number of benzene rings is 1. The summed E-state index contributed by atoms with van der Waals surface area (Å²) < 4.78 is 0. The highest BCUT2D eigenvalue weighted by molar-refractivity contribution is 7.16. The van der Waals surface area contributed by atoms with Crippen molar-refractivity contribution in [2.24, 2.45) is 5.73 Å². The number of hydrogen-bond acceptors (Lipinski definition) is 5. The first-order valence-corrected chi connectivity index (χ1v) is 9.23. The molecule has 0 atom stereocenters. The van der Waals surface area contributed by atoms with Gasteiger partial charge in [-0.2, -0.15) is 0 Å². The zero-order chi connectivity index (χ0) is 21.0. The molecule has 0 aliphatic heterocycles. The second kappa shape index (κ2) is 8.62. The summed E-state index contributed by atoms with van der Waals surface area (Å²) in [6.07, 6.45) is 1.16. The lowest BCUT2D eigenvalue weighted by molar-refractivity contribution is -0.114.